The van der Waals surface area contributed by atoms with Gasteiger partial charge in [-0.05, 0) is 48.9 Å². The summed E-state index contributed by atoms with van der Waals surface area (Å²) in [6.45, 7) is 1.91. The maximum atomic E-state index is 13.3. The monoisotopic (exact) mass is 269 g/mol. The smallest absolute Gasteiger partial charge is 0.335 e. The van der Waals surface area contributed by atoms with Crippen LogP contribution in [0.5, 0.6) is 0 Å². The molecule has 0 saturated heterocycles. The van der Waals surface area contributed by atoms with Crippen LogP contribution in [-0.4, -0.2) is 15.6 Å². The summed E-state index contributed by atoms with van der Waals surface area (Å²) in [5, 5.41) is 9.89. The summed E-state index contributed by atoms with van der Waals surface area (Å²) in [5.74, 6) is -1.26. The number of nitrogens with zero attached hydrogens (tertiary/aromatic N) is 1. The Balaban J connectivity index is 2.25. The first kappa shape index (κ1) is 12.4. The molecule has 0 fully saturated rings. The van der Waals surface area contributed by atoms with E-state index in [4.69, 9.17) is 5.11 Å². The first-order valence-corrected chi connectivity index (χ1v) is 6.17. The van der Waals surface area contributed by atoms with E-state index in [1.54, 1.807) is 24.3 Å². The molecule has 0 bridgehead atoms. The number of rotatable bonds is 2. The highest BCUT2D eigenvalue weighted by Crippen LogP contribution is 2.25. The lowest BCUT2D eigenvalue weighted by Crippen LogP contribution is -1.96. The number of fused-ring (bicyclic) bond motifs is 1. The Kier molecular flexibility index (Phi) is 2.79. The average molecular weight is 269 g/mol. The van der Waals surface area contributed by atoms with Crippen molar-refractivity contribution in [3.8, 4) is 5.69 Å². The second-order valence-corrected chi connectivity index (χ2v) is 4.70. The molecule has 0 aliphatic rings. The van der Waals surface area contributed by atoms with Crippen LogP contribution in [0.15, 0.2) is 48.7 Å². The Hall–Kier alpha value is -2.62. The molecule has 2 aromatic carbocycles. The molecule has 3 aromatic rings. The zero-order valence-electron chi connectivity index (χ0n) is 10.8. The van der Waals surface area contributed by atoms with E-state index >= 15 is 0 Å². The summed E-state index contributed by atoms with van der Waals surface area (Å²) in [6.07, 6.45) is 1.88. The van der Waals surface area contributed by atoms with E-state index in [1.807, 2.05) is 23.8 Å². The molecular weight excluding hydrogens is 257 g/mol. The van der Waals surface area contributed by atoms with E-state index in [1.165, 1.54) is 12.1 Å². The number of aromatic carboxylic acids is 1. The first-order valence-electron chi connectivity index (χ1n) is 6.17. The molecule has 0 saturated carbocycles. The zero-order valence-corrected chi connectivity index (χ0v) is 10.8. The number of aryl methyl sites for hydroxylation is 1. The molecule has 0 aliphatic heterocycles. The van der Waals surface area contributed by atoms with Gasteiger partial charge in [-0.1, -0.05) is 6.07 Å². The van der Waals surface area contributed by atoms with Gasteiger partial charge in [-0.25, -0.2) is 9.18 Å². The first-order chi connectivity index (χ1) is 9.56. The SMILES string of the molecule is Cc1cn(-c2cccc(F)c2)c2ccc(C(=O)O)cc12. The zero-order chi connectivity index (χ0) is 14.3. The number of carbonyl (C=O) groups is 1. The van der Waals surface area contributed by atoms with Gasteiger partial charge in [0.2, 0.25) is 0 Å². The molecule has 0 unspecified atom stereocenters. The molecule has 0 atom stereocenters. The van der Waals surface area contributed by atoms with E-state index in [0.717, 1.165) is 16.5 Å². The third kappa shape index (κ3) is 1.95. The number of carboxylic acids is 1. The van der Waals surface area contributed by atoms with E-state index in [-0.39, 0.29) is 11.4 Å². The molecule has 100 valence electrons. The van der Waals surface area contributed by atoms with Crippen LogP contribution in [0.4, 0.5) is 4.39 Å². The van der Waals surface area contributed by atoms with Crippen LogP contribution < -0.4 is 0 Å². The van der Waals surface area contributed by atoms with E-state index < -0.39 is 5.97 Å². The minimum absolute atomic E-state index is 0.248. The molecule has 3 rings (SSSR count). The van der Waals surface area contributed by atoms with Crippen molar-refractivity contribution in [1.82, 2.24) is 4.57 Å². The highest BCUT2D eigenvalue weighted by molar-refractivity contribution is 5.95. The van der Waals surface area contributed by atoms with Crippen LogP contribution in [-0.2, 0) is 0 Å². The third-order valence-corrected chi connectivity index (χ3v) is 3.34. The minimum atomic E-state index is -0.954. The molecule has 3 nitrogen and oxygen atoms in total. The maximum absolute atomic E-state index is 13.3. The Morgan fingerprint density at radius 3 is 2.70 bits per heavy atom. The molecule has 4 heteroatoms. The standard InChI is InChI=1S/C16H12FNO2/c1-10-9-18(13-4-2-3-12(17)8-13)15-6-5-11(16(19)20)7-14(10)15/h2-9H,1H3,(H,19,20). The van der Waals surface area contributed by atoms with Crippen LogP contribution in [0.1, 0.15) is 15.9 Å². The number of halogens is 1. The quantitative estimate of drug-likeness (QED) is 0.769. The average Bonchev–Trinajstić information content (AvgIpc) is 2.76. The number of carboxylic acid groups (broad SMARTS) is 1. The van der Waals surface area contributed by atoms with Gasteiger partial charge in [-0.2, -0.15) is 0 Å². The predicted molar refractivity (Wildman–Crippen MR) is 74.9 cm³/mol. The summed E-state index contributed by atoms with van der Waals surface area (Å²) >= 11 is 0. The van der Waals surface area contributed by atoms with Crippen LogP contribution >= 0.6 is 0 Å². The predicted octanol–water partition coefficient (Wildman–Crippen LogP) is 3.78. The molecule has 0 radical (unpaired) electrons. The summed E-state index contributed by atoms with van der Waals surface area (Å²) < 4.78 is 15.2. The lowest BCUT2D eigenvalue weighted by Gasteiger charge is -2.05. The summed E-state index contributed by atoms with van der Waals surface area (Å²) in [6, 6.07) is 11.2. The van der Waals surface area contributed by atoms with Crippen molar-refractivity contribution in [3.05, 3.63) is 65.6 Å². The van der Waals surface area contributed by atoms with Crippen molar-refractivity contribution in [3.63, 3.8) is 0 Å². The largest absolute Gasteiger partial charge is 0.478 e. The fraction of sp³-hybridized carbons (Fsp3) is 0.0625. The molecule has 20 heavy (non-hydrogen) atoms. The molecule has 1 aromatic heterocycles. The summed E-state index contributed by atoms with van der Waals surface area (Å²) in [4.78, 5) is 11.0. The second-order valence-electron chi connectivity index (χ2n) is 4.70. The highest BCUT2D eigenvalue weighted by Gasteiger charge is 2.10. The number of aromatic nitrogens is 1. The van der Waals surface area contributed by atoms with Crippen molar-refractivity contribution in [1.29, 1.82) is 0 Å². The van der Waals surface area contributed by atoms with Crippen molar-refractivity contribution in [2.24, 2.45) is 0 Å². The second kappa shape index (κ2) is 4.49. The molecular formula is C16H12FNO2. The molecule has 0 amide bonds. The third-order valence-electron chi connectivity index (χ3n) is 3.34. The van der Waals surface area contributed by atoms with Gasteiger partial charge in [0.15, 0.2) is 0 Å². The highest BCUT2D eigenvalue weighted by atomic mass is 19.1. The van der Waals surface area contributed by atoms with Crippen molar-refractivity contribution in [2.75, 3.05) is 0 Å². The van der Waals surface area contributed by atoms with Gasteiger partial charge < -0.3 is 9.67 Å². The molecule has 1 heterocycles. The Labute approximate surface area is 114 Å². The van der Waals surface area contributed by atoms with Crippen molar-refractivity contribution < 1.29 is 14.3 Å². The molecule has 1 N–H and O–H groups in total. The van der Waals surface area contributed by atoms with Crippen LogP contribution in [0, 0.1) is 12.7 Å². The van der Waals surface area contributed by atoms with E-state index in [9.17, 15) is 9.18 Å². The fourth-order valence-corrected chi connectivity index (χ4v) is 2.37. The van der Waals surface area contributed by atoms with Crippen LogP contribution in [0.25, 0.3) is 16.6 Å². The maximum Gasteiger partial charge on any atom is 0.335 e. The Bertz CT molecular complexity index is 820. The van der Waals surface area contributed by atoms with Crippen molar-refractivity contribution >= 4 is 16.9 Å². The van der Waals surface area contributed by atoms with E-state index in [2.05, 4.69) is 0 Å². The molecule has 0 aliphatic carbocycles. The topological polar surface area (TPSA) is 42.2 Å². The lowest BCUT2D eigenvalue weighted by molar-refractivity contribution is 0.0697. The number of benzene rings is 2. The van der Waals surface area contributed by atoms with Crippen molar-refractivity contribution in [2.45, 2.75) is 6.92 Å². The minimum Gasteiger partial charge on any atom is -0.478 e. The van der Waals surface area contributed by atoms with Gasteiger partial charge in [0.25, 0.3) is 0 Å². The van der Waals surface area contributed by atoms with Gasteiger partial charge in [0.05, 0.1) is 11.1 Å². The number of hydrogen-bond donors (Lipinski definition) is 1. The van der Waals surface area contributed by atoms with E-state index in [0.29, 0.717) is 5.69 Å². The lowest BCUT2D eigenvalue weighted by atomic mass is 10.1. The Morgan fingerprint density at radius 1 is 1.20 bits per heavy atom. The van der Waals surface area contributed by atoms with Crippen LogP contribution in [0.2, 0.25) is 0 Å². The normalized spacial score (nSPS) is 10.9. The van der Waals surface area contributed by atoms with Gasteiger partial charge in [0, 0.05) is 17.3 Å². The summed E-state index contributed by atoms with van der Waals surface area (Å²) in [5.41, 5.74) is 2.77. The van der Waals surface area contributed by atoms with Gasteiger partial charge in [-0.15, -0.1) is 0 Å². The van der Waals surface area contributed by atoms with Gasteiger partial charge in [0.1, 0.15) is 5.82 Å². The van der Waals surface area contributed by atoms with Gasteiger partial charge >= 0.3 is 5.97 Å². The Morgan fingerprint density at radius 2 is 2.00 bits per heavy atom. The summed E-state index contributed by atoms with van der Waals surface area (Å²) in [7, 11) is 0. The van der Waals surface area contributed by atoms with Gasteiger partial charge in [-0.3, -0.25) is 0 Å². The molecule has 0 spiro atoms. The van der Waals surface area contributed by atoms with Crippen LogP contribution in [0.3, 0.4) is 0 Å². The fourth-order valence-electron chi connectivity index (χ4n) is 2.37. The number of hydrogen-bond acceptors (Lipinski definition) is 1.